The largest absolute Gasteiger partial charge is 0.464 e. The molecule has 0 aliphatic carbocycles. The van der Waals surface area contributed by atoms with E-state index >= 15 is 0 Å². The number of ether oxygens (including phenoxy) is 3. The number of carbonyl (C=O) groups excluding carboxylic acids is 1. The van der Waals surface area contributed by atoms with Gasteiger partial charge in [0.15, 0.2) is 0 Å². The smallest absolute Gasteiger partial charge is 0.354 e. The average molecular weight is 227 g/mol. The molecular weight excluding hydrogens is 210 g/mol. The maximum absolute atomic E-state index is 11.5. The summed E-state index contributed by atoms with van der Waals surface area (Å²) in [6.07, 6.45) is 1.14. The number of esters is 1. The van der Waals surface area contributed by atoms with Gasteiger partial charge in [0.1, 0.15) is 5.69 Å². The molecule has 0 saturated carbocycles. The molecule has 16 heavy (non-hydrogen) atoms. The lowest BCUT2D eigenvalue weighted by molar-refractivity contribution is -0.186. The Bertz CT molecular complexity index is 328. The Kier molecular flexibility index (Phi) is 5.01. The lowest BCUT2D eigenvalue weighted by atomic mass is 10.4. The van der Waals surface area contributed by atoms with Crippen molar-refractivity contribution < 1.29 is 19.0 Å². The minimum Gasteiger partial charge on any atom is -0.464 e. The molecule has 0 spiro atoms. The number of aromatic nitrogens is 1. The molecule has 0 fully saturated rings. The molecule has 0 aliphatic rings. The van der Waals surface area contributed by atoms with Gasteiger partial charge in [-0.3, -0.25) is 4.57 Å². The van der Waals surface area contributed by atoms with E-state index in [0.29, 0.717) is 18.9 Å². The zero-order chi connectivity index (χ0) is 12.0. The van der Waals surface area contributed by atoms with Gasteiger partial charge in [0, 0.05) is 19.4 Å². The fraction of sp³-hybridized carbons (Fsp3) is 0.545. The molecular formula is C11H17NO4. The van der Waals surface area contributed by atoms with Gasteiger partial charge < -0.3 is 14.2 Å². The molecule has 5 nitrogen and oxygen atoms in total. The molecule has 0 bridgehead atoms. The SMILES string of the molecule is CCOC(OCC)n1cccc1C(=O)OC. The molecule has 90 valence electrons. The van der Waals surface area contributed by atoms with Crippen LogP contribution < -0.4 is 0 Å². The quantitative estimate of drug-likeness (QED) is 0.549. The molecule has 1 aromatic rings. The van der Waals surface area contributed by atoms with Gasteiger partial charge in [0.25, 0.3) is 0 Å². The van der Waals surface area contributed by atoms with E-state index in [9.17, 15) is 4.79 Å². The number of rotatable bonds is 6. The first-order chi connectivity index (χ1) is 7.74. The van der Waals surface area contributed by atoms with Crippen LogP contribution in [-0.4, -0.2) is 30.9 Å². The van der Waals surface area contributed by atoms with Crippen LogP contribution in [0.1, 0.15) is 30.7 Å². The van der Waals surface area contributed by atoms with Gasteiger partial charge in [-0.05, 0) is 26.0 Å². The second kappa shape index (κ2) is 6.30. The van der Waals surface area contributed by atoms with Crippen LogP contribution in [-0.2, 0) is 14.2 Å². The van der Waals surface area contributed by atoms with Crippen LogP contribution in [0.2, 0.25) is 0 Å². The third-order valence-electron chi connectivity index (χ3n) is 2.02. The van der Waals surface area contributed by atoms with Gasteiger partial charge in [-0.25, -0.2) is 4.79 Å². The Morgan fingerprint density at radius 3 is 2.50 bits per heavy atom. The van der Waals surface area contributed by atoms with E-state index in [0.717, 1.165) is 0 Å². The first-order valence-corrected chi connectivity index (χ1v) is 5.22. The Morgan fingerprint density at radius 2 is 2.00 bits per heavy atom. The first-order valence-electron chi connectivity index (χ1n) is 5.22. The van der Waals surface area contributed by atoms with Crippen molar-refractivity contribution in [2.75, 3.05) is 20.3 Å². The van der Waals surface area contributed by atoms with E-state index in [1.54, 1.807) is 22.9 Å². The molecule has 0 saturated heterocycles. The predicted molar refractivity (Wildman–Crippen MR) is 58.1 cm³/mol. The van der Waals surface area contributed by atoms with Crippen molar-refractivity contribution in [2.24, 2.45) is 0 Å². The summed E-state index contributed by atoms with van der Waals surface area (Å²) in [7, 11) is 1.34. The highest BCUT2D eigenvalue weighted by Gasteiger charge is 2.18. The summed E-state index contributed by atoms with van der Waals surface area (Å²) in [5.74, 6) is -0.408. The van der Waals surface area contributed by atoms with Crippen molar-refractivity contribution in [3.63, 3.8) is 0 Å². The zero-order valence-corrected chi connectivity index (χ0v) is 9.80. The molecule has 0 aliphatic heterocycles. The van der Waals surface area contributed by atoms with Crippen molar-refractivity contribution >= 4 is 5.97 Å². The average Bonchev–Trinajstić information content (AvgIpc) is 2.76. The maximum atomic E-state index is 11.5. The zero-order valence-electron chi connectivity index (χ0n) is 9.80. The summed E-state index contributed by atoms with van der Waals surface area (Å²) in [5.41, 5.74) is 0.411. The molecule has 0 unspecified atom stereocenters. The second-order valence-electron chi connectivity index (χ2n) is 3.01. The van der Waals surface area contributed by atoms with Crippen molar-refractivity contribution in [3.8, 4) is 0 Å². The molecule has 1 aromatic heterocycles. The van der Waals surface area contributed by atoms with E-state index in [-0.39, 0.29) is 0 Å². The summed E-state index contributed by atoms with van der Waals surface area (Å²) in [6.45, 7) is 4.74. The number of nitrogens with zero attached hydrogens (tertiary/aromatic N) is 1. The van der Waals surface area contributed by atoms with Crippen LogP contribution in [0.5, 0.6) is 0 Å². The van der Waals surface area contributed by atoms with Gasteiger partial charge in [-0.1, -0.05) is 0 Å². The molecule has 0 N–H and O–H groups in total. The second-order valence-corrected chi connectivity index (χ2v) is 3.01. The van der Waals surface area contributed by atoms with Crippen molar-refractivity contribution in [1.82, 2.24) is 4.57 Å². The van der Waals surface area contributed by atoms with Crippen LogP contribution >= 0.6 is 0 Å². The molecule has 0 aromatic carbocycles. The summed E-state index contributed by atoms with van der Waals surface area (Å²) >= 11 is 0. The Labute approximate surface area is 94.9 Å². The van der Waals surface area contributed by atoms with Gasteiger partial charge in [0.2, 0.25) is 6.41 Å². The Balaban J connectivity index is 2.90. The van der Waals surface area contributed by atoms with Crippen LogP contribution in [0.15, 0.2) is 18.3 Å². The van der Waals surface area contributed by atoms with Gasteiger partial charge in [0.05, 0.1) is 7.11 Å². The standard InChI is InChI=1S/C11H17NO4/c1-4-15-11(16-5-2)12-8-6-7-9(12)10(13)14-3/h6-8,11H,4-5H2,1-3H3. The van der Waals surface area contributed by atoms with Gasteiger partial charge >= 0.3 is 5.97 Å². The number of carbonyl (C=O) groups is 1. The van der Waals surface area contributed by atoms with Crippen molar-refractivity contribution in [2.45, 2.75) is 20.3 Å². The third kappa shape index (κ3) is 2.84. The normalized spacial score (nSPS) is 10.8. The Hall–Kier alpha value is -1.33. The van der Waals surface area contributed by atoms with Crippen molar-refractivity contribution in [3.05, 3.63) is 24.0 Å². The monoisotopic (exact) mass is 227 g/mol. The summed E-state index contributed by atoms with van der Waals surface area (Å²) in [4.78, 5) is 11.5. The lowest BCUT2D eigenvalue weighted by Gasteiger charge is -2.20. The minimum absolute atomic E-state index is 0.408. The topological polar surface area (TPSA) is 49.7 Å². The molecule has 0 amide bonds. The molecule has 1 heterocycles. The third-order valence-corrected chi connectivity index (χ3v) is 2.02. The summed E-state index contributed by atoms with van der Waals surface area (Å²) in [6, 6.07) is 3.41. The van der Waals surface area contributed by atoms with Gasteiger partial charge in [-0.15, -0.1) is 0 Å². The molecule has 0 atom stereocenters. The highest BCUT2D eigenvalue weighted by atomic mass is 16.7. The van der Waals surface area contributed by atoms with E-state index in [1.165, 1.54) is 7.11 Å². The highest BCUT2D eigenvalue weighted by Crippen LogP contribution is 2.15. The van der Waals surface area contributed by atoms with Crippen molar-refractivity contribution in [1.29, 1.82) is 0 Å². The fourth-order valence-corrected chi connectivity index (χ4v) is 1.35. The summed E-state index contributed by atoms with van der Waals surface area (Å²) in [5, 5.41) is 0. The number of hydrogen-bond donors (Lipinski definition) is 0. The molecule has 5 heteroatoms. The van der Waals surface area contributed by atoms with E-state index in [1.807, 2.05) is 13.8 Å². The summed E-state index contributed by atoms with van der Waals surface area (Å²) < 4.78 is 17.1. The van der Waals surface area contributed by atoms with Crippen LogP contribution in [0.25, 0.3) is 0 Å². The maximum Gasteiger partial charge on any atom is 0.354 e. The highest BCUT2D eigenvalue weighted by molar-refractivity contribution is 5.87. The number of hydrogen-bond acceptors (Lipinski definition) is 4. The minimum atomic E-state index is -0.584. The van der Waals surface area contributed by atoms with E-state index in [4.69, 9.17) is 9.47 Å². The van der Waals surface area contributed by atoms with E-state index < -0.39 is 12.4 Å². The predicted octanol–water partition coefficient (Wildman–Crippen LogP) is 1.80. The van der Waals surface area contributed by atoms with Crippen LogP contribution in [0.3, 0.4) is 0 Å². The van der Waals surface area contributed by atoms with Gasteiger partial charge in [-0.2, -0.15) is 0 Å². The fourth-order valence-electron chi connectivity index (χ4n) is 1.35. The first kappa shape index (κ1) is 12.7. The van der Waals surface area contributed by atoms with Crippen LogP contribution in [0.4, 0.5) is 0 Å². The van der Waals surface area contributed by atoms with E-state index in [2.05, 4.69) is 4.74 Å². The number of methoxy groups -OCH3 is 1. The van der Waals surface area contributed by atoms with Crippen LogP contribution in [0, 0.1) is 0 Å². The molecule has 0 radical (unpaired) electrons. The lowest BCUT2D eigenvalue weighted by Crippen LogP contribution is -2.20. The molecule has 1 rings (SSSR count). The Morgan fingerprint density at radius 1 is 1.38 bits per heavy atom.